The number of halogens is 2. The van der Waals surface area contributed by atoms with Crippen LogP contribution in [0.15, 0.2) is 77.7 Å². The van der Waals surface area contributed by atoms with Gasteiger partial charge in [0, 0.05) is 5.69 Å². The normalized spacial score (nSPS) is 11.1. The Morgan fingerprint density at radius 3 is 2.21 bits per heavy atom. The molecule has 0 radical (unpaired) electrons. The zero-order valence-electron chi connectivity index (χ0n) is 14.5. The van der Waals surface area contributed by atoms with Crippen LogP contribution in [0.2, 0.25) is 5.02 Å². The first-order valence-corrected chi connectivity index (χ1v) is 10.1. The number of hydrogen-bond acceptors (Lipinski definition) is 3. The number of rotatable bonds is 6. The lowest BCUT2D eigenvalue weighted by Crippen LogP contribution is -2.15. The molecule has 3 aromatic rings. The fourth-order valence-electron chi connectivity index (χ4n) is 2.46. The third-order valence-corrected chi connectivity index (χ3v) is 5.57. The van der Waals surface area contributed by atoms with Gasteiger partial charge in [0.05, 0.1) is 22.0 Å². The first kappa shape index (κ1) is 19.9. The van der Waals surface area contributed by atoms with Crippen LogP contribution in [0.3, 0.4) is 0 Å². The number of benzene rings is 3. The molecule has 0 aliphatic carbocycles. The van der Waals surface area contributed by atoms with Crippen LogP contribution < -0.4 is 10.0 Å². The van der Waals surface area contributed by atoms with E-state index < -0.39 is 15.8 Å². The van der Waals surface area contributed by atoms with E-state index in [0.29, 0.717) is 22.0 Å². The molecule has 0 aliphatic heterocycles. The Balaban J connectivity index is 1.64. The Bertz CT molecular complexity index is 1090. The van der Waals surface area contributed by atoms with Crippen molar-refractivity contribution in [3.63, 3.8) is 0 Å². The van der Waals surface area contributed by atoms with Gasteiger partial charge >= 0.3 is 0 Å². The summed E-state index contributed by atoms with van der Waals surface area (Å²) in [5, 5.41) is 3.17. The summed E-state index contributed by atoms with van der Waals surface area (Å²) in [6.07, 6.45) is 0.107. The molecule has 0 atom stereocenters. The highest BCUT2D eigenvalue weighted by Crippen LogP contribution is 2.21. The van der Waals surface area contributed by atoms with Crippen molar-refractivity contribution in [2.24, 2.45) is 0 Å². The van der Waals surface area contributed by atoms with Gasteiger partial charge in [0.25, 0.3) is 10.0 Å². The minimum Gasteiger partial charge on any atom is -0.324 e. The fraction of sp³-hybridized carbons (Fsp3) is 0.0500. The van der Waals surface area contributed by atoms with Crippen LogP contribution >= 0.6 is 11.6 Å². The second-order valence-electron chi connectivity index (χ2n) is 5.96. The summed E-state index contributed by atoms with van der Waals surface area (Å²) in [6, 6.07) is 17.8. The van der Waals surface area contributed by atoms with Crippen LogP contribution in [0.4, 0.5) is 15.8 Å². The van der Waals surface area contributed by atoms with Crippen LogP contribution in [-0.2, 0) is 21.2 Å². The fourth-order valence-corrected chi connectivity index (χ4v) is 3.70. The van der Waals surface area contributed by atoms with Gasteiger partial charge in [-0.05, 0) is 54.1 Å². The van der Waals surface area contributed by atoms with Crippen molar-refractivity contribution >= 4 is 38.9 Å². The molecule has 0 saturated carbocycles. The van der Waals surface area contributed by atoms with Crippen LogP contribution in [0.1, 0.15) is 5.56 Å². The van der Waals surface area contributed by atoms with Crippen LogP contribution in [0.5, 0.6) is 0 Å². The molecule has 0 aromatic heterocycles. The summed E-state index contributed by atoms with van der Waals surface area (Å²) in [5.41, 5.74) is 1.56. The SMILES string of the molecule is O=C(Cc1ccc(NS(=O)(=O)c2ccc(F)cc2)cc1)Nc1ccccc1Cl. The summed E-state index contributed by atoms with van der Waals surface area (Å²) >= 11 is 6.01. The molecule has 0 spiro atoms. The Labute approximate surface area is 167 Å². The molecule has 1 amide bonds. The van der Waals surface area contributed by atoms with E-state index in [-0.39, 0.29) is 17.2 Å². The van der Waals surface area contributed by atoms with Crippen molar-refractivity contribution in [3.8, 4) is 0 Å². The zero-order chi connectivity index (χ0) is 20.1. The molecule has 28 heavy (non-hydrogen) atoms. The number of sulfonamides is 1. The molecule has 0 heterocycles. The van der Waals surface area contributed by atoms with Gasteiger partial charge in [-0.3, -0.25) is 9.52 Å². The van der Waals surface area contributed by atoms with Crippen molar-refractivity contribution in [1.82, 2.24) is 0 Å². The molecule has 5 nitrogen and oxygen atoms in total. The average Bonchev–Trinajstić information content (AvgIpc) is 2.65. The molecule has 0 saturated heterocycles. The maximum Gasteiger partial charge on any atom is 0.261 e. The summed E-state index contributed by atoms with van der Waals surface area (Å²) in [4.78, 5) is 12.1. The zero-order valence-corrected chi connectivity index (χ0v) is 16.1. The van der Waals surface area contributed by atoms with E-state index in [2.05, 4.69) is 10.0 Å². The molecule has 3 rings (SSSR count). The lowest BCUT2D eigenvalue weighted by Gasteiger charge is -2.10. The highest BCUT2D eigenvalue weighted by Gasteiger charge is 2.14. The topological polar surface area (TPSA) is 75.3 Å². The Hall–Kier alpha value is -2.90. The maximum absolute atomic E-state index is 13.0. The van der Waals surface area contributed by atoms with Gasteiger partial charge in [-0.1, -0.05) is 35.9 Å². The molecule has 0 aliphatic rings. The van der Waals surface area contributed by atoms with Crippen LogP contribution in [0.25, 0.3) is 0 Å². The minimum atomic E-state index is -3.82. The number of amides is 1. The van der Waals surface area contributed by atoms with Crippen LogP contribution in [0, 0.1) is 5.82 Å². The molecule has 0 bridgehead atoms. The van der Waals surface area contributed by atoms with Gasteiger partial charge in [-0.25, -0.2) is 12.8 Å². The third-order valence-electron chi connectivity index (χ3n) is 3.84. The minimum absolute atomic E-state index is 0.0444. The molecular formula is C20H16ClFN2O3S. The van der Waals surface area contributed by atoms with E-state index in [9.17, 15) is 17.6 Å². The lowest BCUT2D eigenvalue weighted by atomic mass is 10.1. The molecular weight excluding hydrogens is 403 g/mol. The number of para-hydroxylation sites is 1. The molecule has 8 heteroatoms. The van der Waals surface area contributed by atoms with E-state index in [4.69, 9.17) is 11.6 Å². The first-order chi connectivity index (χ1) is 13.3. The van der Waals surface area contributed by atoms with Gasteiger partial charge in [-0.15, -0.1) is 0 Å². The molecule has 0 fully saturated rings. The summed E-state index contributed by atoms with van der Waals surface area (Å²) < 4.78 is 40.0. The van der Waals surface area contributed by atoms with Gasteiger partial charge in [-0.2, -0.15) is 0 Å². The standard InChI is InChI=1S/C20H16ClFN2O3S/c21-18-3-1-2-4-19(18)23-20(25)13-14-5-9-16(10-6-14)24-28(26,27)17-11-7-15(22)8-12-17/h1-12,24H,13H2,(H,23,25). The largest absolute Gasteiger partial charge is 0.324 e. The van der Waals surface area contributed by atoms with Crippen molar-refractivity contribution in [2.75, 3.05) is 10.0 Å². The molecule has 3 aromatic carbocycles. The Morgan fingerprint density at radius 2 is 1.57 bits per heavy atom. The number of anilines is 2. The third kappa shape index (κ3) is 5.09. The van der Waals surface area contributed by atoms with Crippen molar-refractivity contribution < 1.29 is 17.6 Å². The van der Waals surface area contributed by atoms with E-state index >= 15 is 0 Å². The van der Waals surface area contributed by atoms with Gasteiger partial charge < -0.3 is 5.32 Å². The molecule has 144 valence electrons. The summed E-state index contributed by atoms with van der Waals surface area (Å²) in [5.74, 6) is -0.758. The lowest BCUT2D eigenvalue weighted by molar-refractivity contribution is -0.115. The quantitative estimate of drug-likeness (QED) is 0.620. The molecule has 0 unspecified atom stereocenters. The Morgan fingerprint density at radius 1 is 0.929 bits per heavy atom. The summed E-state index contributed by atoms with van der Waals surface area (Å²) in [7, 11) is -3.82. The molecule has 2 N–H and O–H groups in total. The van der Waals surface area contributed by atoms with E-state index in [1.165, 1.54) is 12.1 Å². The second kappa shape index (κ2) is 8.41. The predicted octanol–water partition coefficient (Wildman–Crippen LogP) is 4.46. The monoisotopic (exact) mass is 418 g/mol. The number of carbonyl (C=O) groups excluding carboxylic acids is 1. The van der Waals surface area contributed by atoms with Crippen LogP contribution in [-0.4, -0.2) is 14.3 Å². The Kier molecular flexibility index (Phi) is 5.96. The highest BCUT2D eigenvalue weighted by molar-refractivity contribution is 7.92. The predicted molar refractivity (Wildman–Crippen MR) is 107 cm³/mol. The number of carbonyl (C=O) groups is 1. The second-order valence-corrected chi connectivity index (χ2v) is 8.05. The smallest absolute Gasteiger partial charge is 0.261 e. The maximum atomic E-state index is 13.0. The number of hydrogen-bond donors (Lipinski definition) is 2. The van der Waals surface area contributed by atoms with Gasteiger partial charge in [0.2, 0.25) is 5.91 Å². The summed E-state index contributed by atoms with van der Waals surface area (Å²) in [6.45, 7) is 0. The van der Waals surface area contributed by atoms with E-state index in [1.807, 2.05) is 0 Å². The van der Waals surface area contributed by atoms with Gasteiger partial charge in [0.15, 0.2) is 0 Å². The van der Waals surface area contributed by atoms with E-state index in [1.54, 1.807) is 48.5 Å². The van der Waals surface area contributed by atoms with Crippen molar-refractivity contribution in [2.45, 2.75) is 11.3 Å². The first-order valence-electron chi connectivity index (χ1n) is 8.25. The van der Waals surface area contributed by atoms with Gasteiger partial charge in [0.1, 0.15) is 5.82 Å². The highest BCUT2D eigenvalue weighted by atomic mass is 35.5. The number of nitrogens with one attached hydrogen (secondary N) is 2. The average molecular weight is 419 g/mol. The van der Waals surface area contributed by atoms with Crippen molar-refractivity contribution in [1.29, 1.82) is 0 Å². The van der Waals surface area contributed by atoms with E-state index in [0.717, 1.165) is 12.1 Å². The van der Waals surface area contributed by atoms with Crippen molar-refractivity contribution in [3.05, 3.63) is 89.2 Å².